The Balaban J connectivity index is 2.26. The van der Waals surface area contributed by atoms with Crippen molar-refractivity contribution in [1.82, 2.24) is 9.78 Å². The lowest BCUT2D eigenvalue weighted by molar-refractivity contribution is -0.0512. The predicted molar refractivity (Wildman–Crippen MR) is 85.7 cm³/mol. The Morgan fingerprint density at radius 3 is 2.54 bits per heavy atom. The zero-order chi connectivity index (χ0) is 17.9. The Bertz CT molecular complexity index is 782. The van der Waals surface area contributed by atoms with Crippen molar-refractivity contribution in [3.8, 4) is 11.5 Å². The van der Waals surface area contributed by atoms with Crippen molar-refractivity contribution in [3.63, 3.8) is 0 Å². The van der Waals surface area contributed by atoms with E-state index in [1.165, 1.54) is 31.4 Å². The van der Waals surface area contributed by atoms with Gasteiger partial charge in [0.05, 0.1) is 18.4 Å². The molecule has 2 aromatic rings. The first-order valence-corrected chi connectivity index (χ1v) is 7.19. The molecule has 24 heavy (non-hydrogen) atoms. The van der Waals surface area contributed by atoms with Crippen LogP contribution in [0.1, 0.15) is 27.3 Å². The van der Waals surface area contributed by atoms with E-state index >= 15 is 0 Å². The Morgan fingerprint density at radius 1 is 1.29 bits per heavy atom. The number of methoxy groups -OCH3 is 1. The molecule has 0 unspecified atom stereocenters. The highest BCUT2D eigenvalue weighted by Crippen LogP contribution is 2.30. The molecular weight excluding hydrogens is 318 g/mol. The number of hydrogen-bond donors (Lipinski definition) is 0. The lowest BCUT2D eigenvalue weighted by Gasteiger charge is -2.10. The molecular formula is C17H18F2N2O3. The third-order valence-corrected chi connectivity index (χ3v) is 3.59. The van der Waals surface area contributed by atoms with Crippen molar-refractivity contribution in [2.75, 3.05) is 7.11 Å². The number of aryl methyl sites for hydroxylation is 2. The minimum atomic E-state index is -2.96. The highest BCUT2D eigenvalue weighted by atomic mass is 19.3. The van der Waals surface area contributed by atoms with Gasteiger partial charge in [-0.2, -0.15) is 13.9 Å². The van der Waals surface area contributed by atoms with Gasteiger partial charge in [-0.15, -0.1) is 0 Å². The van der Waals surface area contributed by atoms with Crippen LogP contribution in [0.25, 0.3) is 6.08 Å². The van der Waals surface area contributed by atoms with Gasteiger partial charge in [0.1, 0.15) is 0 Å². The molecule has 0 amide bonds. The van der Waals surface area contributed by atoms with E-state index in [0.29, 0.717) is 16.8 Å². The predicted octanol–water partition coefficient (Wildman–Crippen LogP) is 3.54. The van der Waals surface area contributed by atoms with Gasteiger partial charge in [0.25, 0.3) is 0 Å². The summed E-state index contributed by atoms with van der Waals surface area (Å²) in [6, 6.07) is 4.53. The maximum Gasteiger partial charge on any atom is 0.387 e. The molecule has 0 radical (unpaired) electrons. The van der Waals surface area contributed by atoms with Crippen molar-refractivity contribution in [2.24, 2.45) is 7.05 Å². The number of aromatic nitrogens is 2. The molecule has 2 rings (SSSR count). The molecule has 0 fully saturated rings. The number of allylic oxidation sites excluding steroid dienone is 1. The summed E-state index contributed by atoms with van der Waals surface area (Å²) in [4.78, 5) is 12.3. The molecule has 0 bridgehead atoms. The fourth-order valence-corrected chi connectivity index (χ4v) is 2.37. The van der Waals surface area contributed by atoms with Gasteiger partial charge < -0.3 is 9.47 Å². The normalized spacial score (nSPS) is 11.3. The van der Waals surface area contributed by atoms with E-state index in [9.17, 15) is 13.6 Å². The average Bonchev–Trinajstić information content (AvgIpc) is 2.77. The van der Waals surface area contributed by atoms with E-state index in [0.717, 1.165) is 5.69 Å². The molecule has 1 aromatic heterocycles. The van der Waals surface area contributed by atoms with Crippen LogP contribution in [0.4, 0.5) is 8.78 Å². The fraction of sp³-hybridized carbons (Fsp3) is 0.294. The Kier molecular flexibility index (Phi) is 5.33. The number of carbonyl (C=O) groups excluding carboxylic acids is 1. The van der Waals surface area contributed by atoms with E-state index in [1.54, 1.807) is 24.7 Å². The molecule has 1 heterocycles. The average molecular weight is 336 g/mol. The van der Waals surface area contributed by atoms with Gasteiger partial charge in [0.15, 0.2) is 17.3 Å². The van der Waals surface area contributed by atoms with Crippen LogP contribution in [-0.2, 0) is 7.05 Å². The summed E-state index contributed by atoms with van der Waals surface area (Å²) < 4.78 is 35.9. The number of benzene rings is 1. The Hall–Kier alpha value is -2.70. The molecule has 7 heteroatoms. The molecule has 0 saturated heterocycles. The van der Waals surface area contributed by atoms with Crippen LogP contribution in [0.3, 0.4) is 0 Å². The zero-order valence-corrected chi connectivity index (χ0v) is 13.8. The quantitative estimate of drug-likeness (QED) is 0.598. The summed E-state index contributed by atoms with van der Waals surface area (Å²) in [6.45, 7) is 0.611. The number of ketones is 1. The number of carbonyl (C=O) groups is 1. The molecule has 0 spiro atoms. The second-order valence-electron chi connectivity index (χ2n) is 5.16. The number of hydrogen-bond acceptors (Lipinski definition) is 4. The van der Waals surface area contributed by atoms with Crippen LogP contribution in [0.2, 0.25) is 0 Å². The van der Waals surface area contributed by atoms with E-state index < -0.39 is 6.61 Å². The largest absolute Gasteiger partial charge is 0.493 e. The molecule has 5 nitrogen and oxygen atoms in total. The smallest absolute Gasteiger partial charge is 0.387 e. The first-order valence-electron chi connectivity index (χ1n) is 7.19. The van der Waals surface area contributed by atoms with E-state index in [2.05, 4.69) is 9.84 Å². The van der Waals surface area contributed by atoms with Gasteiger partial charge in [0.2, 0.25) is 0 Å². The minimum absolute atomic E-state index is 0.0872. The van der Waals surface area contributed by atoms with Gasteiger partial charge in [0, 0.05) is 12.7 Å². The molecule has 0 atom stereocenters. The van der Waals surface area contributed by atoms with Crippen LogP contribution in [-0.4, -0.2) is 29.3 Å². The van der Waals surface area contributed by atoms with Crippen molar-refractivity contribution >= 4 is 11.9 Å². The topological polar surface area (TPSA) is 53.3 Å². The Labute approximate surface area is 138 Å². The van der Waals surface area contributed by atoms with E-state index in [1.807, 2.05) is 6.92 Å². The number of nitrogens with zero attached hydrogens (tertiary/aromatic N) is 2. The third-order valence-electron chi connectivity index (χ3n) is 3.59. The van der Waals surface area contributed by atoms with Crippen LogP contribution in [0.5, 0.6) is 11.5 Å². The number of ether oxygens (including phenoxy) is 2. The second kappa shape index (κ2) is 7.25. The zero-order valence-electron chi connectivity index (χ0n) is 13.8. The fourth-order valence-electron chi connectivity index (χ4n) is 2.37. The summed E-state index contributed by atoms with van der Waals surface area (Å²) in [5.41, 5.74) is 2.48. The van der Waals surface area contributed by atoms with Gasteiger partial charge >= 0.3 is 6.61 Å². The molecule has 0 aliphatic heterocycles. The molecule has 0 aliphatic carbocycles. The SMILES string of the molecule is COc1ccc(/C=C\C(=O)c2c(C)nn(C)c2C)cc1OC(F)F. The molecule has 0 N–H and O–H groups in total. The van der Waals surface area contributed by atoms with Crippen molar-refractivity contribution < 1.29 is 23.0 Å². The van der Waals surface area contributed by atoms with Gasteiger partial charge in [-0.1, -0.05) is 12.1 Å². The van der Waals surface area contributed by atoms with Crippen molar-refractivity contribution in [1.29, 1.82) is 0 Å². The summed E-state index contributed by atoms with van der Waals surface area (Å²) >= 11 is 0. The molecule has 0 saturated carbocycles. The summed E-state index contributed by atoms with van der Waals surface area (Å²) in [7, 11) is 3.13. The van der Waals surface area contributed by atoms with Crippen molar-refractivity contribution in [2.45, 2.75) is 20.5 Å². The lowest BCUT2D eigenvalue weighted by atomic mass is 10.1. The van der Waals surface area contributed by atoms with E-state index in [-0.39, 0.29) is 17.3 Å². The monoisotopic (exact) mass is 336 g/mol. The number of rotatable bonds is 6. The number of halogens is 2. The highest BCUT2D eigenvalue weighted by molar-refractivity contribution is 6.08. The van der Waals surface area contributed by atoms with Gasteiger partial charge in [-0.05, 0) is 37.6 Å². The van der Waals surface area contributed by atoms with Crippen LogP contribution < -0.4 is 9.47 Å². The summed E-state index contributed by atoms with van der Waals surface area (Å²) in [6.07, 6.45) is 2.91. The van der Waals surface area contributed by atoms with Crippen LogP contribution in [0.15, 0.2) is 24.3 Å². The lowest BCUT2D eigenvalue weighted by Crippen LogP contribution is -2.03. The maximum absolute atomic E-state index is 12.4. The van der Waals surface area contributed by atoms with Crippen molar-refractivity contribution in [3.05, 3.63) is 46.8 Å². The third kappa shape index (κ3) is 3.79. The minimum Gasteiger partial charge on any atom is -0.493 e. The first kappa shape index (κ1) is 17.7. The van der Waals surface area contributed by atoms with Crippen LogP contribution in [0, 0.1) is 13.8 Å². The molecule has 0 aliphatic rings. The first-order chi connectivity index (χ1) is 11.3. The summed E-state index contributed by atoms with van der Waals surface area (Å²) in [5, 5.41) is 4.20. The standard InChI is InChI=1S/C17H18F2N2O3/c1-10-16(11(2)21(3)20-10)13(22)7-5-12-6-8-14(23-4)15(9-12)24-17(18)19/h5-9,17H,1-4H3/b7-5-. The summed E-state index contributed by atoms with van der Waals surface area (Å²) in [5.74, 6) is -0.0983. The highest BCUT2D eigenvalue weighted by Gasteiger charge is 2.15. The van der Waals surface area contributed by atoms with Crippen LogP contribution >= 0.6 is 0 Å². The molecule has 1 aromatic carbocycles. The van der Waals surface area contributed by atoms with Gasteiger partial charge in [-0.25, -0.2) is 0 Å². The second-order valence-corrected chi connectivity index (χ2v) is 5.16. The maximum atomic E-state index is 12.4. The van der Waals surface area contributed by atoms with E-state index in [4.69, 9.17) is 4.74 Å². The molecule has 128 valence electrons. The van der Waals surface area contributed by atoms with Gasteiger partial charge in [-0.3, -0.25) is 9.48 Å². The Morgan fingerprint density at radius 2 is 2.00 bits per heavy atom. The number of alkyl halides is 2.